The van der Waals surface area contributed by atoms with Crippen LogP contribution in [0.25, 0.3) is 0 Å². The highest BCUT2D eigenvalue weighted by atomic mass is 32.2. The Balaban J connectivity index is 2.34. The lowest BCUT2D eigenvalue weighted by molar-refractivity contribution is 0.0696. The molecule has 124 valence electrons. The van der Waals surface area contributed by atoms with Gasteiger partial charge in [-0.05, 0) is 24.6 Å². The Morgan fingerprint density at radius 2 is 1.91 bits per heavy atom. The number of carbonyl (C=O) groups is 1. The second-order valence-electron chi connectivity index (χ2n) is 6.30. The maximum atomic E-state index is 12.4. The van der Waals surface area contributed by atoms with Gasteiger partial charge in [0.1, 0.15) is 0 Å². The van der Waals surface area contributed by atoms with Crippen molar-refractivity contribution in [2.45, 2.75) is 38.0 Å². The molecule has 0 saturated heterocycles. The number of aromatic carboxylic acids is 1. The van der Waals surface area contributed by atoms with E-state index in [1.165, 1.54) is 12.1 Å². The quantitative estimate of drug-likeness (QED) is 0.793. The van der Waals surface area contributed by atoms with Crippen molar-refractivity contribution in [3.05, 3.63) is 41.1 Å². The molecule has 1 aromatic carbocycles. The Morgan fingerprint density at radius 3 is 2.43 bits per heavy atom. The highest BCUT2D eigenvalue weighted by Crippen LogP contribution is 2.24. The number of aromatic nitrogens is 2. The van der Waals surface area contributed by atoms with Crippen molar-refractivity contribution in [1.29, 1.82) is 0 Å². The summed E-state index contributed by atoms with van der Waals surface area (Å²) >= 11 is 0. The Kier molecular flexibility index (Phi) is 4.21. The largest absolute Gasteiger partial charge is 0.478 e. The minimum atomic E-state index is -3.91. The molecule has 0 bridgehead atoms. The lowest BCUT2D eigenvalue weighted by Gasteiger charge is -2.14. The van der Waals surface area contributed by atoms with Crippen LogP contribution in [-0.2, 0) is 15.4 Å². The van der Waals surface area contributed by atoms with E-state index in [0.29, 0.717) is 5.56 Å². The van der Waals surface area contributed by atoms with Crippen molar-refractivity contribution in [3.8, 4) is 0 Å². The van der Waals surface area contributed by atoms with Gasteiger partial charge in [-0.2, -0.15) is 5.10 Å². The number of nitrogens with one attached hydrogen (secondary N) is 2. The van der Waals surface area contributed by atoms with E-state index >= 15 is 0 Å². The number of hydrogen-bond donors (Lipinski definition) is 3. The van der Waals surface area contributed by atoms with Crippen molar-refractivity contribution in [3.63, 3.8) is 0 Å². The zero-order valence-corrected chi connectivity index (χ0v) is 14.2. The Hall–Kier alpha value is -2.35. The molecule has 0 aliphatic carbocycles. The maximum absolute atomic E-state index is 12.4. The molecular formula is C15H19N3O4S. The van der Waals surface area contributed by atoms with Gasteiger partial charge in [0, 0.05) is 17.2 Å². The van der Waals surface area contributed by atoms with Crippen LogP contribution >= 0.6 is 0 Å². The number of aromatic amines is 1. The van der Waals surface area contributed by atoms with Crippen LogP contribution in [0.3, 0.4) is 0 Å². The average Bonchev–Trinajstić information content (AvgIpc) is 2.86. The van der Waals surface area contributed by atoms with Crippen LogP contribution in [-0.4, -0.2) is 29.7 Å². The molecule has 2 aromatic rings. The molecule has 0 spiro atoms. The van der Waals surface area contributed by atoms with E-state index in [9.17, 15) is 13.2 Å². The average molecular weight is 337 g/mol. The second kappa shape index (κ2) is 5.69. The number of hydrogen-bond acceptors (Lipinski definition) is 4. The molecule has 7 nitrogen and oxygen atoms in total. The van der Waals surface area contributed by atoms with E-state index in [4.69, 9.17) is 5.11 Å². The fraction of sp³-hybridized carbons (Fsp3) is 0.333. The summed E-state index contributed by atoms with van der Waals surface area (Å²) in [6.45, 7) is 7.52. The predicted molar refractivity (Wildman–Crippen MR) is 86.2 cm³/mol. The van der Waals surface area contributed by atoms with E-state index in [0.717, 1.165) is 11.8 Å². The van der Waals surface area contributed by atoms with Crippen molar-refractivity contribution < 1.29 is 18.3 Å². The molecule has 0 unspecified atom stereocenters. The molecule has 8 heteroatoms. The van der Waals surface area contributed by atoms with Crippen molar-refractivity contribution in [2.24, 2.45) is 0 Å². The molecule has 23 heavy (non-hydrogen) atoms. The minimum absolute atomic E-state index is 0.0507. The van der Waals surface area contributed by atoms with E-state index in [1.807, 2.05) is 20.8 Å². The third kappa shape index (κ3) is 3.70. The number of sulfonamides is 1. The fourth-order valence-electron chi connectivity index (χ4n) is 1.95. The van der Waals surface area contributed by atoms with E-state index in [2.05, 4.69) is 14.9 Å². The van der Waals surface area contributed by atoms with Crippen LogP contribution in [0.2, 0.25) is 0 Å². The van der Waals surface area contributed by atoms with Gasteiger partial charge in [0.25, 0.3) is 10.0 Å². The van der Waals surface area contributed by atoms with Gasteiger partial charge < -0.3 is 5.11 Å². The van der Waals surface area contributed by atoms with E-state index in [1.54, 1.807) is 13.0 Å². The van der Waals surface area contributed by atoms with Gasteiger partial charge in [0.05, 0.1) is 10.5 Å². The molecule has 0 saturated carbocycles. The third-order valence-corrected chi connectivity index (χ3v) is 4.73. The first-order valence-electron chi connectivity index (χ1n) is 6.93. The lowest BCUT2D eigenvalue weighted by atomic mass is 9.92. The molecule has 0 aliphatic rings. The Morgan fingerprint density at radius 1 is 1.26 bits per heavy atom. The molecular weight excluding hydrogens is 318 g/mol. The summed E-state index contributed by atoms with van der Waals surface area (Å²) in [5.74, 6) is -1.01. The molecule has 0 fully saturated rings. The van der Waals surface area contributed by atoms with E-state index in [-0.39, 0.29) is 21.7 Å². The smallest absolute Gasteiger partial charge is 0.335 e. The topological polar surface area (TPSA) is 112 Å². The number of H-pyrrole nitrogens is 1. The normalized spacial score (nSPS) is 12.2. The summed E-state index contributed by atoms with van der Waals surface area (Å²) in [6.07, 6.45) is 0. The summed E-state index contributed by atoms with van der Waals surface area (Å²) in [5, 5.41) is 15.8. The highest BCUT2D eigenvalue weighted by molar-refractivity contribution is 7.92. The third-order valence-electron chi connectivity index (χ3n) is 3.37. The summed E-state index contributed by atoms with van der Waals surface area (Å²) < 4.78 is 27.1. The molecule has 0 radical (unpaired) electrons. The van der Waals surface area contributed by atoms with Crippen LogP contribution < -0.4 is 4.72 Å². The first-order chi connectivity index (χ1) is 10.5. The second-order valence-corrected chi connectivity index (χ2v) is 7.99. The van der Waals surface area contributed by atoms with Crippen molar-refractivity contribution in [2.75, 3.05) is 4.72 Å². The molecule has 3 N–H and O–H groups in total. The number of nitrogens with zero attached hydrogens (tertiary/aromatic N) is 1. The predicted octanol–water partition coefficient (Wildman–Crippen LogP) is 2.51. The number of aryl methyl sites for hydroxylation is 1. The first kappa shape index (κ1) is 17.0. The van der Waals surface area contributed by atoms with Gasteiger partial charge in [-0.15, -0.1) is 0 Å². The van der Waals surface area contributed by atoms with Gasteiger partial charge in [-0.1, -0.05) is 26.8 Å². The first-order valence-corrected chi connectivity index (χ1v) is 8.42. The van der Waals surface area contributed by atoms with Crippen LogP contribution in [0.15, 0.2) is 29.2 Å². The van der Waals surface area contributed by atoms with E-state index < -0.39 is 16.0 Å². The van der Waals surface area contributed by atoms with Gasteiger partial charge in [0.2, 0.25) is 0 Å². The van der Waals surface area contributed by atoms with Crippen molar-refractivity contribution >= 4 is 21.8 Å². The zero-order valence-electron chi connectivity index (χ0n) is 13.3. The molecule has 1 heterocycles. The highest BCUT2D eigenvalue weighted by Gasteiger charge is 2.21. The Bertz CT molecular complexity index is 848. The van der Waals surface area contributed by atoms with Gasteiger partial charge in [-0.25, -0.2) is 13.2 Å². The number of benzene rings is 1. The van der Waals surface area contributed by atoms with Crippen LogP contribution in [0.4, 0.5) is 5.82 Å². The zero-order chi connectivity index (χ0) is 17.4. The monoisotopic (exact) mass is 337 g/mol. The summed E-state index contributed by atoms with van der Waals surface area (Å²) in [4.78, 5) is 11.0. The number of carboxylic acids is 1. The van der Waals surface area contributed by atoms with Crippen molar-refractivity contribution in [1.82, 2.24) is 10.2 Å². The maximum Gasteiger partial charge on any atom is 0.335 e. The summed E-state index contributed by atoms with van der Waals surface area (Å²) in [6, 6.07) is 5.58. The Labute approximate surface area is 134 Å². The lowest BCUT2D eigenvalue weighted by Crippen LogP contribution is -2.14. The molecule has 0 atom stereocenters. The SMILES string of the molecule is Cc1ccc(S(=O)(=O)Nc2cc(C(C)(C)C)[nH]n2)cc1C(=O)O. The number of rotatable bonds is 4. The summed E-state index contributed by atoms with van der Waals surface area (Å²) in [7, 11) is -3.91. The van der Waals surface area contributed by atoms with Crippen LogP contribution in [0.1, 0.15) is 42.4 Å². The van der Waals surface area contributed by atoms with Gasteiger partial charge >= 0.3 is 5.97 Å². The van der Waals surface area contributed by atoms with Crippen LogP contribution in [0, 0.1) is 6.92 Å². The molecule has 0 aliphatic heterocycles. The van der Waals surface area contributed by atoms with Gasteiger partial charge in [-0.3, -0.25) is 9.82 Å². The molecule has 0 amide bonds. The number of carboxylic acid groups (broad SMARTS) is 1. The standard InChI is InChI=1S/C15H19N3O4S/c1-9-5-6-10(7-11(9)14(19)20)23(21,22)18-13-8-12(16-17-13)15(2,3)4/h5-8H,1-4H3,(H,19,20)(H2,16,17,18). The summed E-state index contributed by atoms with van der Waals surface area (Å²) in [5.41, 5.74) is 1.03. The molecule has 2 rings (SSSR count). The minimum Gasteiger partial charge on any atom is -0.478 e. The van der Waals surface area contributed by atoms with Crippen LogP contribution in [0.5, 0.6) is 0 Å². The fourth-order valence-corrected chi connectivity index (χ4v) is 2.97. The number of anilines is 1. The molecule has 1 aromatic heterocycles. The van der Waals surface area contributed by atoms with Gasteiger partial charge in [0.15, 0.2) is 5.82 Å².